The molecule has 3 nitrogen and oxygen atoms in total. The van der Waals surface area contributed by atoms with Crippen LogP contribution in [0.5, 0.6) is 0 Å². The van der Waals surface area contributed by atoms with Crippen molar-refractivity contribution in [2.24, 2.45) is 0 Å². The van der Waals surface area contributed by atoms with Crippen LogP contribution in [0.15, 0.2) is 174 Å². The highest BCUT2D eigenvalue weighted by Gasteiger charge is 2.37. The van der Waals surface area contributed by atoms with E-state index < -0.39 is 0 Å². The van der Waals surface area contributed by atoms with Gasteiger partial charge >= 0.3 is 0 Å². The number of furan rings is 1. The Kier molecular flexibility index (Phi) is 6.60. The smallest absolute Gasteiger partial charge is 0.160 e. The molecule has 0 fully saturated rings. The lowest BCUT2D eigenvalue weighted by Crippen LogP contribution is -2.14. The van der Waals surface area contributed by atoms with Crippen LogP contribution >= 0.6 is 0 Å². The highest BCUT2D eigenvalue weighted by molar-refractivity contribution is 6.11. The molecule has 0 bridgehead atoms. The van der Waals surface area contributed by atoms with Crippen LogP contribution in [0, 0.1) is 0 Å². The molecule has 0 saturated heterocycles. The molecular formula is C51H34N2O. The maximum absolute atomic E-state index is 6.33. The summed E-state index contributed by atoms with van der Waals surface area (Å²) in [7, 11) is 0. The highest BCUT2D eigenvalue weighted by Crippen LogP contribution is 2.53. The third kappa shape index (κ3) is 4.75. The lowest BCUT2D eigenvalue weighted by Gasteiger charge is -2.22. The number of rotatable bonds is 4. The van der Waals surface area contributed by atoms with E-state index >= 15 is 0 Å². The Morgan fingerprint density at radius 3 is 1.78 bits per heavy atom. The number of nitrogens with zero attached hydrogens (tertiary/aromatic N) is 2. The molecule has 0 radical (unpaired) electrons. The van der Waals surface area contributed by atoms with Crippen LogP contribution in [-0.4, -0.2) is 9.97 Å². The van der Waals surface area contributed by atoms with Crippen molar-refractivity contribution in [2.75, 3.05) is 0 Å². The minimum Gasteiger partial charge on any atom is -0.456 e. The summed E-state index contributed by atoms with van der Waals surface area (Å²) in [4.78, 5) is 10.3. The van der Waals surface area contributed by atoms with Gasteiger partial charge < -0.3 is 4.42 Å². The summed E-state index contributed by atoms with van der Waals surface area (Å²) in [6.07, 6.45) is 0. The lowest BCUT2D eigenvalue weighted by molar-refractivity contribution is 0.661. The van der Waals surface area contributed by atoms with Gasteiger partial charge in [-0.05, 0) is 103 Å². The van der Waals surface area contributed by atoms with E-state index in [4.69, 9.17) is 14.4 Å². The molecule has 2 heterocycles. The molecule has 1 aliphatic rings. The standard InChI is InChI=1S/C51H34N2O/c1-51(2)43-18-10-17-39(49(43)42-26-35-14-6-8-15-36(35)28-44(42)51)31-19-21-32(22-20-31)45-30-46(53-50(52-45)33-11-4-3-5-12-33)38-23-24-47-40(27-38)41-25-34-13-7-9-16-37(34)29-48(41)54-47/h3-30H,1-2H3. The molecule has 0 saturated carbocycles. The van der Waals surface area contributed by atoms with Gasteiger partial charge in [0, 0.05) is 32.9 Å². The van der Waals surface area contributed by atoms with E-state index in [2.05, 4.69) is 166 Å². The largest absolute Gasteiger partial charge is 0.456 e. The molecule has 0 spiro atoms. The number of hydrogen-bond acceptors (Lipinski definition) is 3. The Labute approximate surface area is 313 Å². The normalized spacial score (nSPS) is 13.1. The minimum atomic E-state index is -0.0879. The second kappa shape index (κ2) is 11.6. The van der Waals surface area contributed by atoms with E-state index in [0.29, 0.717) is 5.82 Å². The van der Waals surface area contributed by atoms with Crippen molar-refractivity contribution in [3.8, 4) is 56.2 Å². The number of benzene rings is 8. The zero-order chi connectivity index (χ0) is 36.0. The second-order valence-corrected chi connectivity index (χ2v) is 15.0. The quantitative estimate of drug-likeness (QED) is 0.184. The Balaban J connectivity index is 1.03. The topological polar surface area (TPSA) is 38.9 Å². The van der Waals surface area contributed by atoms with Crippen molar-refractivity contribution in [1.29, 1.82) is 0 Å². The molecular weight excluding hydrogens is 657 g/mol. The van der Waals surface area contributed by atoms with Gasteiger partial charge in [-0.15, -0.1) is 0 Å². The first-order chi connectivity index (χ1) is 26.5. The predicted molar refractivity (Wildman–Crippen MR) is 224 cm³/mol. The average Bonchev–Trinajstić information content (AvgIpc) is 3.69. The van der Waals surface area contributed by atoms with Gasteiger partial charge in [-0.25, -0.2) is 9.97 Å². The third-order valence-electron chi connectivity index (χ3n) is 11.4. The van der Waals surface area contributed by atoms with E-state index in [0.717, 1.165) is 50.0 Å². The molecule has 0 amide bonds. The van der Waals surface area contributed by atoms with Gasteiger partial charge in [0.25, 0.3) is 0 Å². The highest BCUT2D eigenvalue weighted by atomic mass is 16.3. The van der Waals surface area contributed by atoms with Gasteiger partial charge in [0.15, 0.2) is 5.82 Å². The zero-order valence-corrected chi connectivity index (χ0v) is 30.0. The first-order valence-corrected chi connectivity index (χ1v) is 18.6. The average molecular weight is 691 g/mol. The molecule has 10 aromatic rings. The predicted octanol–water partition coefficient (Wildman–Crippen LogP) is 13.7. The summed E-state index contributed by atoms with van der Waals surface area (Å²) in [6, 6.07) is 60.7. The second-order valence-electron chi connectivity index (χ2n) is 15.0. The van der Waals surface area contributed by atoms with Gasteiger partial charge in [0.1, 0.15) is 11.2 Å². The molecule has 0 aliphatic heterocycles. The van der Waals surface area contributed by atoms with Crippen LogP contribution < -0.4 is 0 Å². The fourth-order valence-corrected chi connectivity index (χ4v) is 8.61. The van der Waals surface area contributed by atoms with Crippen molar-refractivity contribution in [3.05, 3.63) is 181 Å². The van der Waals surface area contributed by atoms with Crippen molar-refractivity contribution in [1.82, 2.24) is 9.97 Å². The molecule has 254 valence electrons. The molecule has 8 aromatic carbocycles. The molecule has 0 atom stereocenters. The third-order valence-corrected chi connectivity index (χ3v) is 11.4. The summed E-state index contributed by atoms with van der Waals surface area (Å²) in [5, 5.41) is 7.10. The molecule has 0 N–H and O–H groups in total. The zero-order valence-electron chi connectivity index (χ0n) is 30.0. The van der Waals surface area contributed by atoms with Gasteiger partial charge in [-0.1, -0.05) is 135 Å². The minimum absolute atomic E-state index is 0.0879. The Morgan fingerprint density at radius 1 is 0.407 bits per heavy atom. The van der Waals surface area contributed by atoms with Crippen LogP contribution in [0.2, 0.25) is 0 Å². The van der Waals surface area contributed by atoms with E-state index in [-0.39, 0.29) is 5.41 Å². The van der Waals surface area contributed by atoms with Crippen LogP contribution in [0.3, 0.4) is 0 Å². The number of hydrogen-bond donors (Lipinski definition) is 0. The first-order valence-electron chi connectivity index (χ1n) is 18.6. The lowest BCUT2D eigenvalue weighted by atomic mass is 9.81. The molecule has 11 rings (SSSR count). The van der Waals surface area contributed by atoms with Gasteiger partial charge in [0.05, 0.1) is 11.4 Å². The Hall–Kier alpha value is -6.84. The summed E-state index contributed by atoms with van der Waals surface area (Å²) in [6.45, 7) is 4.70. The summed E-state index contributed by atoms with van der Waals surface area (Å²) < 4.78 is 6.33. The van der Waals surface area contributed by atoms with E-state index in [1.165, 1.54) is 54.9 Å². The maximum atomic E-state index is 6.33. The monoisotopic (exact) mass is 690 g/mol. The number of aromatic nitrogens is 2. The van der Waals surface area contributed by atoms with Crippen molar-refractivity contribution >= 4 is 43.5 Å². The Bertz CT molecular complexity index is 3120. The maximum Gasteiger partial charge on any atom is 0.160 e. The fourth-order valence-electron chi connectivity index (χ4n) is 8.61. The van der Waals surface area contributed by atoms with E-state index in [1.807, 2.05) is 18.2 Å². The fraction of sp³-hybridized carbons (Fsp3) is 0.0588. The van der Waals surface area contributed by atoms with Gasteiger partial charge in [-0.3, -0.25) is 0 Å². The molecule has 3 heteroatoms. The molecule has 1 aliphatic carbocycles. The first kappa shape index (κ1) is 30.8. The van der Waals surface area contributed by atoms with Crippen LogP contribution in [0.4, 0.5) is 0 Å². The molecule has 54 heavy (non-hydrogen) atoms. The summed E-state index contributed by atoms with van der Waals surface area (Å²) in [5.41, 5.74) is 14.3. The van der Waals surface area contributed by atoms with Crippen molar-refractivity contribution in [3.63, 3.8) is 0 Å². The van der Waals surface area contributed by atoms with Crippen LogP contribution in [0.1, 0.15) is 25.0 Å². The van der Waals surface area contributed by atoms with Gasteiger partial charge in [-0.2, -0.15) is 0 Å². The van der Waals surface area contributed by atoms with Crippen LogP contribution in [-0.2, 0) is 5.41 Å². The summed E-state index contributed by atoms with van der Waals surface area (Å²) in [5.74, 6) is 0.697. The van der Waals surface area contributed by atoms with Crippen LogP contribution in [0.25, 0.3) is 99.6 Å². The van der Waals surface area contributed by atoms with E-state index in [9.17, 15) is 0 Å². The SMILES string of the molecule is CC1(C)c2cc3ccccc3cc2-c2c(-c3ccc(-c4cc(-c5ccc6oc7cc8ccccc8cc7c6c5)nc(-c5ccccc5)n4)cc3)cccc21. The molecule has 0 unspecified atom stereocenters. The Morgan fingerprint density at radius 2 is 1.02 bits per heavy atom. The van der Waals surface area contributed by atoms with Crippen molar-refractivity contribution in [2.45, 2.75) is 19.3 Å². The number of fused-ring (bicyclic) bond motifs is 8. The van der Waals surface area contributed by atoms with E-state index in [1.54, 1.807) is 0 Å². The van der Waals surface area contributed by atoms with Gasteiger partial charge in [0.2, 0.25) is 0 Å². The summed E-state index contributed by atoms with van der Waals surface area (Å²) >= 11 is 0. The molecule has 2 aromatic heterocycles. The van der Waals surface area contributed by atoms with Crippen molar-refractivity contribution < 1.29 is 4.42 Å².